The molecule has 3 aromatic heterocycles. The molecule has 1 atom stereocenters. The minimum Gasteiger partial charge on any atom is -0.354 e. The molecule has 0 aromatic carbocycles. The summed E-state index contributed by atoms with van der Waals surface area (Å²) >= 11 is 1.38. The molecule has 1 N–H and O–H groups in total. The fourth-order valence-electron chi connectivity index (χ4n) is 2.97. The van der Waals surface area contributed by atoms with Gasteiger partial charge in [-0.2, -0.15) is 0 Å². The third-order valence-corrected chi connectivity index (χ3v) is 5.03. The molecule has 1 saturated heterocycles. The van der Waals surface area contributed by atoms with Gasteiger partial charge in [0, 0.05) is 25.5 Å². The van der Waals surface area contributed by atoms with E-state index < -0.39 is 0 Å². The number of hydrogen-bond donors (Lipinski definition) is 1. The normalized spacial score (nSPS) is 17.3. The van der Waals surface area contributed by atoms with Crippen LogP contribution in [0.5, 0.6) is 0 Å². The molecule has 3 aromatic rings. The van der Waals surface area contributed by atoms with Gasteiger partial charge in [-0.05, 0) is 31.9 Å². The van der Waals surface area contributed by atoms with Crippen LogP contribution in [0, 0.1) is 12.8 Å². The van der Waals surface area contributed by atoms with E-state index in [1.807, 2.05) is 25.3 Å². The summed E-state index contributed by atoms with van der Waals surface area (Å²) in [6, 6.07) is 3.83. The number of imidazole rings is 1. The summed E-state index contributed by atoms with van der Waals surface area (Å²) in [7, 11) is 0. The first kappa shape index (κ1) is 16.6. The standard InChI is InChI=1S/C16H18N8OS/c1-11-19-22-16(26-11)18-15(25)12-3-2-7-23(9-12)13-4-5-14(21-20-13)24-8-6-17-10-24/h4-6,8,10,12H,2-3,7,9H2,1H3,(H,18,22,25)/t12-/m0/s1. The van der Waals surface area contributed by atoms with E-state index in [2.05, 4.69) is 35.6 Å². The van der Waals surface area contributed by atoms with Crippen LogP contribution in [0.4, 0.5) is 10.9 Å². The van der Waals surface area contributed by atoms with Crippen molar-refractivity contribution in [3.63, 3.8) is 0 Å². The number of nitrogens with zero attached hydrogens (tertiary/aromatic N) is 7. The van der Waals surface area contributed by atoms with E-state index in [1.165, 1.54) is 11.3 Å². The molecule has 1 aliphatic rings. The Labute approximate surface area is 154 Å². The molecule has 4 rings (SSSR count). The third kappa shape index (κ3) is 3.54. The highest BCUT2D eigenvalue weighted by Gasteiger charge is 2.27. The summed E-state index contributed by atoms with van der Waals surface area (Å²) in [5, 5.41) is 20.7. The Morgan fingerprint density at radius 3 is 2.77 bits per heavy atom. The van der Waals surface area contributed by atoms with Gasteiger partial charge in [0.1, 0.15) is 11.3 Å². The maximum atomic E-state index is 12.5. The van der Waals surface area contributed by atoms with Crippen molar-refractivity contribution < 1.29 is 4.79 Å². The van der Waals surface area contributed by atoms with Gasteiger partial charge in [0.05, 0.1) is 5.92 Å². The summed E-state index contributed by atoms with van der Waals surface area (Å²) in [5.74, 6) is 1.36. The highest BCUT2D eigenvalue weighted by Crippen LogP contribution is 2.23. The first-order chi connectivity index (χ1) is 12.7. The van der Waals surface area contributed by atoms with Crippen LogP contribution in [0.3, 0.4) is 0 Å². The van der Waals surface area contributed by atoms with E-state index in [0.29, 0.717) is 17.5 Å². The average molecular weight is 370 g/mol. The van der Waals surface area contributed by atoms with Gasteiger partial charge < -0.3 is 10.2 Å². The Kier molecular flexibility index (Phi) is 4.57. The number of carbonyl (C=O) groups excluding carboxylic acids is 1. The molecular weight excluding hydrogens is 352 g/mol. The predicted molar refractivity (Wildman–Crippen MR) is 97.4 cm³/mol. The zero-order valence-corrected chi connectivity index (χ0v) is 15.1. The van der Waals surface area contributed by atoms with E-state index in [-0.39, 0.29) is 11.8 Å². The van der Waals surface area contributed by atoms with Crippen molar-refractivity contribution in [2.75, 3.05) is 23.3 Å². The van der Waals surface area contributed by atoms with Crippen LogP contribution < -0.4 is 10.2 Å². The summed E-state index contributed by atoms with van der Waals surface area (Å²) in [6.07, 6.45) is 6.97. The first-order valence-corrected chi connectivity index (χ1v) is 9.18. The highest BCUT2D eigenvalue weighted by atomic mass is 32.1. The van der Waals surface area contributed by atoms with Gasteiger partial charge in [0.2, 0.25) is 11.0 Å². The van der Waals surface area contributed by atoms with Gasteiger partial charge in [0.15, 0.2) is 11.6 Å². The Balaban J connectivity index is 1.42. The van der Waals surface area contributed by atoms with Gasteiger partial charge >= 0.3 is 0 Å². The first-order valence-electron chi connectivity index (χ1n) is 8.37. The molecule has 0 unspecified atom stereocenters. The third-order valence-electron chi connectivity index (χ3n) is 4.28. The topological polar surface area (TPSA) is 102 Å². The van der Waals surface area contributed by atoms with Crippen LogP contribution in [0.1, 0.15) is 17.8 Å². The molecule has 0 aliphatic carbocycles. The van der Waals surface area contributed by atoms with Gasteiger partial charge in [-0.3, -0.25) is 9.36 Å². The molecule has 0 radical (unpaired) electrons. The van der Waals surface area contributed by atoms with Gasteiger partial charge in [-0.1, -0.05) is 11.3 Å². The molecule has 0 spiro atoms. The fraction of sp³-hybridized carbons (Fsp3) is 0.375. The number of aromatic nitrogens is 6. The maximum absolute atomic E-state index is 12.5. The molecule has 10 heteroatoms. The average Bonchev–Trinajstić information content (AvgIpc) is 3.34. The molecule has 0 saturated carbocycles. The van der Waals surface area contributed by atoms with Crippen LogP contribution in [0.2, 0.25) is 0 Å². The molecule has 1 fully saturated rings. The lowest BCUT2D eigenvalue weighted by molar-refractivity contribution is -0.120. The van der Waals surface area contributed by atoms with E-state index in [0.717, 1.165) is 30.2 Å². The van der Waals surface area contributed by atoms with Crippen molar-refractivity contribution in [1.82, 2.24) is 29.9 Å². The van der Waals surface area contributed by atoms with Crippen LogP contribution >= 0.6 is 11.3 Å². The lowest BCUT2D eigenvalue weighted by Crippen LogP contribution is -2.41. The number of piperidine rings is 1. The van der Waals surface area contributed by atoms with E-state index in [9.17, 15) is 4.79 Å². The maximum Gasteiger partial charge on any atom is 0.231 e. The van der Waals surface area contributed by atoms with Crippen molar-refractivity contribution in [1.29, 1.82) is 0 Å². The Morgan fingerprint density at radius 2 is 2.08 bits per heavy atom. The number of rotatable bonds is 4. The van der Waals surface area contributed by atoms with E-state index in [1.54, 1.807) is 17.1 Å². The fourth-order valence-corrected chi connectivity index (χ4v) is 3.57. The second-order valence-electron chi connectivity index (χ2n) is 6.12. The zero-order chi connectivity index (χ0) is 17.9. The zero-order valence-electron chi connectivity index (χ0n) is 14.2. The number of hydrogen-bond acceptors (Lipinski definition) is 8. The smallest absolute Gasteiger partial charge is 0.231 e. The second-order valence-corrected chi connectivity index (χ2v) is 7.30. The second kappa shape index (κ2) is 7.16. The molecule has 4 heterocycles. The summed E-state index contributed by atoms with van der Waals surface area (Å²) in [4.78, 5) is 18.6. The van der Waals surface area contributed by atoms with E-state index in [4.69, 9.17) is 0 Å². The number of anilines is 2. The SMILES string of the molecule is Cc1nnc(NC(=O)[C@H]2CCCN(c3ccc(-n4ccnc4)nn3)C2)s1. The number of carbonyl (C=O) groups is 1. The quantitative estimate of drug-likeness (QED) is 0.745. The molecule has 0 bridgehead atoms. The molecule has 9 nitrogen and oxygen atoms in total. The molecule has 1 amide bonds. The lowest BCUT2D eigenvalue weighted by atomic mass is 9.97. The molecule has 26 heavy (non-hydrogen) atoms. The largest absolute Gasteiger partial charge is 0.354 e. The van der Waals surface area contributed by atoms with Gasteiger partial charge in [0.25, 0.3) is 0 Å². The monoisotopic (exact) mass is 370 g/mol. The number of amides is 1. The van der Waals surface area contributed by atoms with Crippen molar-refractivity contribution in [2.24, 2.45) is 5.92 Å². The highest BCUT2D eigenvalue weighted by molar-refractivity contribution is 7.15. The summed E-state index contributed by atoms with van der Waals surface area (Å²) < 4.78 is 1.80. The minimum absolute atomic E-state index is 0.0196. The van der Waals surface area contributed by atoms with Gasteiger partial charge in [-0.15, -0.1) is 20.4 Å². The van der Waals surface area contributed by atoms with Crippen LogP contribution in [0.25, 0.3) is 5.82 Å². The van der Waals surface area contributed by atoms with Crippen molar-refractivity contribution >= 4 is 28.2 Å². The Morgan fingerprint density at radius 1 is 1.23 bits per heavy atom. The summed E-state index contributed by atoms with van der Waals surface area (Å²) in [6.45, 7) is 3.34. The predicted octanol–water partition coefficient (Wildman–Crippen LogP) is 1.68. The van der Waals surface area contributed by atoms with Crippen molar-refractivity contribution in [3.05, 3.63) is 35.9 Å². The minimum atomic E-state index is -0.108. The van der Waals surface area contributed by atoms with Gasteiger partial charge in [-0.25, -0.2) is 4.98 Å². The van der Waals surface area contributed by atoms with Crippen LogP contribution in [-0.4, -0.2) is 48.9 Å². The Bertz CT molecular complexity index is 876. The number of nitrogens with one attached hydrogen (secondary N) is 1. The Hall–Kier alpha value is -2.88. The van der Waals surface area contributed by atoms with Crippen LogP contribution in [-0.2, 0) is 4.79 Å². The van der Waals surface area contributed by atoms with Crippen molar-refractivity contribution in [3.8, 4) is 5.82 Å². The summed E-state index contributed by atoms with van der Waals surface area (Å²) in [5.41, 5.74) is 0. The van der Waals surface area contributed by atoms with E-state index >= 15 is 0 Å². The van der Waals surface area contributed by atoms with Crippen molar-refractivity contribution in [2.45, 2.75) is 19.8 Å². The molecular formula is C16H18N8OS. The number of aryl methyl sites for hydroxylation is 1. The van der Waals surface area contributed by atoms with Crippen LogP contribution in [0.15, 0.2) is 30.9 Å². The lowest BCUT2D eigenvalue weighted by Gasteiger charge is -2.32. The molecule has 134 valence electrons. The molecule has 1 aliphatic heterocycles.